The van der Waals surface area contributed by atoms with E-state index in [0.29, 0.717) is 27.5 Å². The number of para-hydroxylation sites is 1. The fourth-order valence-corrected chi connectivity index (χ4v) is 2.62. The summed E-state index contributed by atoms with van der Waals surface area (Å²) in [6.45, 7) is 1.89. The van der Waals surface area contributed by atoms with Gasteiger partial charge in [0.05, 0.1) is 11.3 Å². The smallest absolute Gasteiger partial charge is 0.257 e. The van der Waals surface area contributed by atoms with Crippen LogP contribution >= 0.6 is 11.6 Å². The fraction of sp³-hybridized carbons (Fsp3) is 0.0476. The molecule has 0 aromatic heterocycles. The minimum Gasteiger partial charge on any atom is -0.322 e. The van der Waals surface area contributed by atoms with Crippen molar-refractivity contribution in [3.05, 3.63) is 94.5 Å². The van der Waals surface area contributed by atoms with Crippen LogP contribution in [-0.4, -0.2) is 11.8 Å². The molecule has 0 atom stereocenters. The number of halogens is 1. The molecule has 3 aromatic rings. The van der Waals surface area contributed by atoms with E-state index in [1.807, 2.05) is 19.1 Å². The van der Waals surface area contributed by atoms with Crippen LogP contribution in [0.2, 0.25) is 5.02 Å². The predicted molar refractivity (Wildman–Crippen MR) is 105 cm³/mol. The summed E-state index contributed by atoms with van der Waals surface area (Å²) in [6, 6.07) is 21.0. The summed E-state index contributed by atoms with van der Waals surface area (Å²) in [6.07, 6.45) is 0. The van der Waals surface area contributed by atoms with Crippen molar-refractivity contribution in [3.8, 4) is 0 Å². The highest BCUT2D eigenvalue weighted by atomic mass is 35.5. The Labute approximate surface area is 156 Å². The first kappa shape index (κ1) is 17.7. The summed E-state index contributed by atoms with van der Waals surface area (Å²) >= 11 is 6.10. The first-order chi connectivity index (χ1) is 12.5. The normalized spacial score (nSPS) is 10.2. The lowest BCUT2D eigenvalue weighted by atomic mass is 10.1. The molecular formula is C21H17ClN2O2. The molecule has 3 rings (SSSR count). The van der Waals surface area contributed by atoms with E-state index in [0.717, 1.165) is 5.56 Å². The summed E-state index contributed by atoms with van der Waals surface area (Å²) in [5.74, 6) is -0.599. The number of hydrogen-bond acceptors (Lipinski definition) is 2. The Kier molecular flexibility index (Phi) is 5.34. The van der Waals surface area contributed by atoms with Crippen LogP contribution in [0.4, 0.5) is 11.4 Å². The minimum absolute atomic E-state index is 0.274. The number of anilines is 2. The van der Waals surface area contributed by atoms with Crippen molar-refractivity contribution in [1.82, 2.24) is 0 Å². The van der Waals surface area contributed by atoms with Crippen LogP contribution in [0.5, 0.6) is 0 Å². The lowest BCUT2D eigenvalue weighted by Gasteiger charge is -2.12. The monoisotopic (exact) mass is 364 g/mol. The molecule has 0 aliphatic carbocycles. The quantitative estimate of drug-likeness (QED) is 0.672. The molecule has 5 heteroatoms. The molecule has 130 valence electrons. The first-order valence-electron chi connectivity index (χ1n) is 8.07. The molecule has 4 nitrogen and oxygen atoms in total. The molecule has 2 amide bonds. The van der Waals surface area contributed by atoms with Gasteiger partial charge in [-0.25, -0.2) is 0 Å². The maximum absolute atomic E-state index is 12.6. The first-order valence-corrected chi connectivity index (χ1v) is 8.45. The van der Waals surface area contributed by atoms with Crippen LogP contribution < -0.4 is 10.6 Å². The molecule has 0 saturated carbocycles. The van der Waals surface area contributed by atoms with Crippen molar-refractivity contribution in [2.45, 2.75) is 6.92 Å². The number of carbonyl (C=O) groups excluding carboxylic acids is 2. The van der Waals surface area contributed by atoms with E-state index in [2.05, 4.69) is 10.6 Å². The highest BCUT2D eigenvalue weighted by molar-refractivity contribution is 6.31. The molecule has 0 radical (unpaired) electrons. The van der Waals surface area contributed by atoms with Gasteiger partial charge in [0.25, 0.3) is 11.8 Å². The maximum atomic E-state index is 12.6. The number of benzene rings is 3. The molecule has 2 N–H and O–H groups in total. The SMILES string of the molecule is Cc1ccc(NC(=O)c2ccccc2NC(=O)c2ccccc2)cc1Cl. The highest BCUT2D eigenvalue weighted by Gasteiger charge is 2.14. The summed E-state index contributed by atoms with van der Waals surface area (Å²) in [7, 11) is 0. The summed E-state index contributed by atoms with van der Waals surface area (Å²) in [5, 5.41) is 6.17. The van der Waals surface area contributed by atoms with E-state index in [-0.39, 0.29) is 11.8 Å². The number of amides is 2. The maximum Gasteiger partial charge on any atom is 0.257 e. The van der Waals surface area contributed by atoms with Gasteiger partial charge in [-0.15, -0.1) is 0 Å². The molecule has 26 heavy (non-hydrogen) atoms. The van der Waals surface area contributed by atoms with E-state index in [1.54, 1.807) is 60.7 Å². The van der Waals surface area contributed by atoms with E-state index < -0.39 is 0 Å². The van der Waals surface area contributed by atoms with Crippen molar-refractivity contribution >= 4 is 34.8 Å². The van der Waals surface area contributed by atoms with Crippen LogP contribution in [-0.2, 0) is 0 Å². The molecule has 0 saturated heterocycles. The third-order valence-electron chi connectivity index (χ3n) is 3.89. The zero-order valence-corrected chi connectivity index (χ0v) is 14.9. The molecule has 0 spiro atoms. The van der Waals surface area contributed by atoms with Crippen molar-refractivity contribution < 1.29 is 9.59 Å². The second-order valence-corrected chi connectivity index (χ2v) is 6.19. The van der Waals surface area contributed by atoms with Crippen molar-refractivity contribution in [3.63, 3.8) is 0 Å². The molecule has 3 aromatic carbocycles. The largest absolute Gasteiger partial charge is 0.322 e. The van der Waals surface area contributed by atoms with Gasteiger partial charge in [-0.2, -0.15) is 0 Å². The molecule has 0 bridgehead atoms. The Balaban J connectivity index is 1.81. The van der Waals surface area contributed by atoms with Gasteiger partial charge < -0.3 is 10.6 Å². The average molecular weight is 365 g/mol. The predicted octanol–water partition coefficient (Wildman–Crippen LogP) is 5.15. The summed E-state index contributed by atoms with van der Waals surface area (Å²) in [4.78, 5) is 25.0. The van der Waals surface area contributed by atoms with Gasteiger partial charge in [-0.3, -0.25) is 9.59 Å². The van der Waals surface area contributed by atoms with Gasteiger partial charge in [0.2, 0.25) is 0 Å². The highest BCUT2D eigenvalue weighted by Crippen LogP contribution is 2.22. The van der Waals surface area contributed by atoms with Crippen molar-refractivity contribution in [2.24, 2.45) is 0 Å². The standard InChI is InChI=1S/C21H17ClN2O2/c1-14-11-12-16(13-18(14)22)23-21(26)17-9-5-6-10-19(17)24-20(25)15-7-3-2-4-8-15/h2-13H,1H3,(H,23,26)(H,24,25). The number of nitrogens with one attached hydrogen (secondary N) is 2. The van der Waals surface area contributed by atoms with E-state index in [1.165, 1.54) is 0 Å². The van der Waals surface area contributed by atoms with Crippen LogP contribution in [0.3, 0.4) is 0 Å². The number of carbonyl (C=O) groups is 2. The van der Waals surface area contributed by atoms with Crippen LogP contribution in [0.1, 0.15) is 26.3 Å². The minimum atomic E-state index is -0.325. The average Bonchev–Trinajstić information content (AvgIpc) is 2.66. The Morgan fingerprint density at radius 3 is 2.23 bits per heavy atom. The number of hydrogen-bond donors (Lipinski definition) is 2. The Morgan fingerprint density at radius 2 is 1.50 bits per heavy atom. The molecule has 0 unspecified atom stereocenters. The fourth-order valence-electron chi connectivity index (χ4n) is 2.44. The van der Waals surface area contributed by atoms with Crippen LogP contribution in [0.25, 0.3) is 0 Å². The molecule has 0 aliphatic heterocycles. The van der Waals surface area contributed by atoms with Gasteiger partial charge in [-0.05, 0) is 48.9 Å². The Hall–Kier alpha value is -3.11. The lowest BCUT2D eigenvalue weighted by molar-refractivity contribution is 0.102. The summed E-state index contributed by atoms with van der Waals surface area (Å²) < 4.78 is 0. The second-order valence-electron chi connectivity index (χ2n) is 5.78. The van der Waals surface area contributed by atoms with Gasteiger partial charge in [0, 0.05) is 16.3 Å². The van der Waals surface area contributed by atoms with Crippen LogP contribution in [0, 0.1) is 6.92 Å². The van der Waals surface area contributed by atoms with E-state index >= 15 is 0 Å². The molecule has 0 heterocycles. The van der Waals surface area contributed by atoms with Crippen molar-refractivity contribution in [2.75, 3.05) is 10.6 Å². The zero-order valence-electron chi connectivity index (χ0n) is 14.1. The van der Waals surface area contributed by atoms with Gasteiger partial charge in [0.1, 0.15) is 0 Å². The molecule has 0 fully saturated rings. The van der Waals surface area contributed by atoms with Gasteiger partial charge in [0.15, 0.2) is 0 Å². The van der Waals surface area contributed by atoms with Gasteiger partial charge >= 0.3 is 0 Å². The van der Waals surface area contributed by atoms with E-state index in [9.17, 15) is 9.59 Å². The zero-order chi connectivity index (χ0) is 18.5. The third kappa shape index (κ3) is 4.10. The second kappa shape index (κ2) is 7.85. The number of rotatable bonds is 4. The van der Waals surface area contributed by atoms with Gasteiger partial charge in [-0.1, -0.05) is 48.0 Å². The van der Waals surface area contributed by atoms with E-state index in [4.69, 9.17) is 11.6 Å². The van der Waals surface area contributed by atoms with Crippen LogP contribution in [0.15, 0.2) is 72.8 Å². The molecular weight excluding hydrogens is 348 g/mol. The summed E-state index contributed by atoms with van der Waals surface area (Å²) in [5.41, 5.74) is 2.86. The topological polar surface area (TPSA) is 58.2 Å². The molecule has 0 aliphatic rings. The Bertz CT molecular complexity index is 955. The third-order valence-corrected chi connectivity index (χ3v) is 4.29. The van der Waals surface area contributed by atoms with Crippen molar-refractivity contribution in [1.29, 1.82) is 0 Å². The lowest BCUT2D eigenvalue weighted by Crippen LogP contribution is -2.18. The number of aryl methyl sites for hydroxylation is 1. The Morgan fingerprint density at radius 1 is 0.808 bits per heavy atom.